The third-order valence-corrected chi connectivity index (χ3v) is 4.16. The van der Waals surface area contributed by atoms with Crippen LogP contribution in [0.15, 0.2) is 10.7 Å². The van der Waals surface area contributed by atoms with E-state index >= 15 is 0 Å². The van der Waals surface area contributed by atoms with Crippen LogP contribution in [0.25, 0.3) is 0 Å². The zero-order chi connectivity index (χ0) is 11.8. The summed E-state index contributed by atoms with van der Waals surface area (Å²) in [6.45, 7) is 5.49. The second kappa shape index (κ2) is 4.49. The maximum Gasteiger partial charge on any atom is 0.0635 e. The van der Waals surface area contributed by atoms with Gasteiger partial charge in [0.1, 0.15) is 0 Å². The van der Waals surface area contributed by atoms with E-state index < -0.39 is 0 Å². The van der Waals surface area contributed by atoms with Crippen molar-refractivity contribution in [3.63, 3.8) is 0 Å². The third-order valence-electron chi connectivity index (χ3n) is 3.58. The minimum Gasteiger partial charge on any atom is -0.328 e. The summed E-state index contributed by atoms with van der Waals surface area (Å²) in [6.07, 6.45) is 6.40. The molecule has 0 radical (unpaired) electrons. The van der Waals surface area contributed by atoms with Crippen molar-refractivity contribution < 1.29 is 0 Å². The van der Waals surface area contributed by atoms with Crippen LogP contribution in [0, 0.1) is 0 Å². The summed E-state index contributed by atoms with van der Waals surface area (Å²) in [5.74, 6) is 0. The van der Waals surface area contributed by atoms with E-state index in [0.29, 0.717) is 6.04 Å². The van der Waals surface area contributed by atoms with E-state index in [-0.39, 0.29) is 5.41 Å². The van der Waals surface area contributed by atoms with Gasteiger partial charge in [-0.05, 0) is 41.6 Å². The van der Waals surface area contributed by atoms with Crippen molar-refractivity contribution in [2.45, 2.75) is 57.5 Å². The Morgan fingerprint density at radius 3 is 3.00 bits per heavy atom. The van der Waals surface area contributed by atoms with Gasteiger partial charge in [-0.2, -0.15) is 5.10 Å². The summed E-state index contributed by atoms with van der Waals surface area (Å²) in [5, 5.41) is 4.45. The Labute approximate surface area is 106 Å². The molecule has 2 unspecified atom stereocenters. The number of rotatable bonds is 3. The first-order chi connectivity index (χ1) is 7.57. The molecule has 1 aliphatic rings. The van der Waals surface area contributed by atoms with Crippen LogP contribution in [0.5, 0.6) is 0 Å². The predicted molar refractivity (Wildman–Crippen MR) is 69.4 cm³/mol. The molecule has 0 spiro atoms. The van der Waals surface area contributed by atoms with E-state index in [9.17, 15) is 0 Å². The van der Waals surface area contributed by atoms with Crippen molar-refractivity contribution in [2.75, 3.05) is 0 Å². The molecule has 1 heterocycles. The third kappa shape index (κ3) is 2.05. The van der Waals surface area contributed by atoms with E-state index in [1.807, 2.05) is 6.20 Å². The Morgan fingerprint density at radius 1 is 1.69 bits per heavy atom. The molecule has 0 aliphatic heterocycles. The van der Waals surface area contributed by atoms with Gasteiger partial charge >= 0.3 is 0 Å². The van der Waals surface area contributed by atoms with Gasteiger partial charge in [0, 0.05) is 18.0 Å². The quantitative estimate of drug-likeness (QED) is 0.928. The number of aryl methyl sites for hydroxylation is 1. The molecule has 0 aromatic carbocycles. The van der Waals surface area contributed by atoms with E-state index in [1.165, 1.54) is 12.1 Å². The lowest BCUT2D eigenvalue weighted by Crippen LogP contribution is -2.26. The van der Waals surface area contributed by atoms with Gasteiger partial charge in [-0.1, -0.05) is 13.8 Å². The minimum atomic E-state index is 0.198. The lowest BCUT2D eigenvalue weighted by molar-refractivity contribution is 0.419. The van der Waals surface area contributed by atoms with Crippen molar-refractivity contribution in [3.05, 3.63) is 16.4 Å². The molecule has 1 aromatic heterocycles. The highest BCUT2D eigenvalue weighted by Gasteiger charge is 2.38. The summed E-state index contributed by atoms with van der Waals surface area (Å²) in [4.78, 5) is 0. The Bertz CT molecular complexity index is 374. The maximum atomic E-state index is 6.05. The summed E-state index contributed by atoms with van der Waals surface area (Å²) in [5.41, 5.74) is 7.58. The van der Waals surface area contributed by atoms with Crippen molar-refractivity contribution in [3.8, 4) is 0 Å². The molecular weight excluding hydrogens is 266 g/mol. The smallest absolute Gasteiger partial charge is 0.0635 e. The van der Waals surface area contributed by atoms with E-state index in [4.69, 9.17) is 5.73 Å². The van der Waals surface area contributed by atoms with Crippen LogP contribution in [0.4, 0.5) is 0 Å². The van der Waals surface area contributed by atoms with Gasteiger partial charge in [-0.3, -0.25) is 4.68 Å². The Morgan fingerprint density at radius 2 is 2.44 bits per heavy atom. The second-order valence-corrected chi connectivity index (χ2v) is 5.98. The lowest BCUT2D eigenvalue weighted by Gasteiger charge is -2.25. The molecule has 1 aliphatic carbocycles. The summed E-state index contributed by atoms with van der Waals surface area (Å²) in [7, 11) is 0. The highest BCUT2D eigenvalue weighted by atomic mass is 79.9. The van der Waals surface area contributed by atoms with Crippen LogP contribution >= 0.6 is 15.9 Å². The number of hydrogen-bond donors (Lipinski definition) is 1. The fourth-order valence-corrected chi connectivity index (χ4v) is 3.62. The van der Waals surface area contributed by atoms with Crippen LogP contribution in [0.2, 0.25) is 0 Å². The fourth-order valence-electron chi connectivity index (χ4n) is 2.85. The summed E-state index contributed by atoms with van der Waals surface area (Å²) >= 11 is 3.63. The van der Waals surface area contributed by atoms with Crippen molar-refractivity contribution >= 4 is 15.9 Å². The van der Waals surface area contributed by atoms with Crippen molar-refractivity contribution in [1.29, 1.82) is 0 Å². The number of halogens is 1. The van der Waals surface area contributed by atoms with Gasteiger partial charge in [-0.25, -0.2) is 0 Å². The summed E-state index contributed by atoms with van der Waals surface area (Å²) in [6, 6.07) is 0.349. The topological polar surface area (TPSA) is 43.8 Å². The highest BCUT2D eigenvalue weighted by Crippen LogP contribution is 2.42. The molecule has 2 N–H and O–H groups in total. The Hall–Kier alpha value is -0.350. The molecule has 1 fully saturated rings. The standard InChI is InChI=1S/C12H20BrN3/c1-3-6-16-11(10(13)8-15-16)12(2)5-4-9(14)7-12/h8-9H,3-7,14H2,1-2H3. The zero-order valence-corrected chi connectivity index (χ0v) is 11.6. The van der Waals surface area contributed by atoms with Crippen LogP contribution in [0.1, 0.15) is 45.2 Å². The SMILES string of the molecule is CCCn1ncc(Br)c1C1(C)CCC(N)C1. The maximum absolute atomic E-state index is 6.05. The predicted octanol–water partition coefficient (Wildman–Crippen LogP) is 2.82. The molecule has 2 atom stereocenters. The molecule has 90 valence electrons. The van der Waals surface area contributed by atoms with Crippen LogP contribution in [0.3, 0.4) is 0 Å². The molecule has 0 amide bonds. The van der Waals surface area contributed by atoms with E-state index in [2.05, 4.69) is 39.6 Å². The number of aromatic nitrogens is 2. The lowest BCUT2D eigenvalue weighted by atomic mass is 9.84. The van der Waals surface area contributed by atoms with Crippen molar-refractivity contribution in [1.82, 2.24) is 9.78 Å². The number of hydrogen-bond acceptors (Lipinski definition) is 2. The number of nitrogens with two attached hydrogens (primary N) is 1. The molecular formula is C12H20BrN3. The first kappa shape index (κ1) is 12.1. The van der Waals surface area contributed by atoms with Crippen LogP contribution < -0.4 is 5.73 Å². The fraction of sp³-hybridized carbons (Fsp3) is 0.750. The van der Waals surface area contributed by atoms with E-state index in [1.54, 1.807) is 0 Å². The Balaban J connectivity index is 2.34. The molecule has 1 saturated carbocycles. The molecule has 2 rings (SSSR count). The van der Waals surface area contributed by atoms with Gasteiger partial charge in [0.25, 0.3) is 0 Å². The van der Waals surface area contributed by atoms with Gasteiger partial charge in [0.2, 0.25) is 0 Å². The molecule has 1 aromatic rings. The Kier molecular flexibility index (Phi) is 3.40. The van der Waals surface area contributed by atoms with Gasteiger partial charge in [-0.15, -0.1) is 0 Å². The van der Waals surface area contributed by atoms with Crippen molar-refractivity contribution in [2.24, 2.45) is 5.73 Å². The van der Waals surface area contributed by atoms with Gasteiger partial charge in [0.05, 0.1) is 16.4 Å². The average Bonchev–Trinajstić information content (AvgIpc) is 2.73. The molecule has 16 heavy (non-hydrogen) atoms. The highest BCUT2D eigenvalue weighted by molar-refractivity contribution is 9.10. The first-order valence-electron chi connectivity index (χ1n) is 6.04. The van der Waals surface area contributed by atoms with Gasteiger partial charge < -0.3 is 5.73 Å². The normalized spacial score (nSPS) is 29.9. The molecule has 0 bridgehead atoms. The molecule has 4 heteroatoms. The minimum absolute atomic E-state index is 0.198. The summed E-state index contributed by atoms with van der Waals surface area (Å²) < 4.78 is 3.28. The zero-order valence-electron chi connectivity index (χ0n) is 10.0. The molecule has 3 nitrogen and oxygen atoms in total. The second-order valence-electron chi connectivity index (χ2n) is 5.13. The largest absolute Gasteiger partial charge is 0.328 e. The monoisotopic (exact) mass is 285 g/mol. The van der Waals surface area contributed by atoms with Crippen LogP contribution in [-0.4, -0.2) is 15.8 Å². The van der Waals surface area contributed by atoms with Crippen LogP contribution in [-0.2, 0) is 12.0 Å². The molecule has 0 saturated heterocycles. The van der Waals surface area contributed by atoms with E-state index in [0.717, 1.165) is 30.3 Å². The number of nitrogens with zero attached hydrogens (tertiary/aromatic N) is 2. The average molecular weight is 286 g/mol. The first-order valence-corrected chi connectivity index (χ1v) is 6.83. The van der Waals surface area contributed by atoms with Gasteiger partial charge in [0.15, 0.2) is 0 Å².